The summed E-state index contributed by atoms with van der Waals surface area (Å²) in [5.74, 6) is 0. The summed E-state index contributed by atoms with van der Waals surface area (Å²) in [7, 11) is 0. The topological polar surface area (TPSA) is 29.3 Å². The Balaban J connectivity index is 2.04. The van der Waals surface area contributed by atoms with Gasteiger partial charge in [-0.2, -0.15) is 11.3 Å². The monoisotopic (exact) mass is 224 g/mol. The van der Waals surface area contributed by atoms with Crippen LogP contribution in [0.1, 0.15) is 37.3 Å². The van der Waals surface area contributed by atoms with Crippen LogP contribution in [0.25, 0.3) is 0 Å². The van der Waals surface area contributed by atoms with E-state index in [9.17, 15) is 0 Å². The molecule has 84 valence electrons. The third-order valence-electron chi connectivity index (χ3n) is 3.23. The molecule has 1 aliphatic rings. The Morgan fingerprint density at radius 2 is 2.00 bits per heavy atom. The van der Waals surface area contributed by atoms with Gasteiger partial charge in [0.1, 0.15) is 0 Å². The van der Waals surface area contributed by atoms with Crippen LogP contribution in [0.5, 0.6) is 0 Å². The molecular weight excluding hydrogens is 204 g/mol. The van der Waals surface area contributed by atoms with Crippen molar-refractivity contribution >= 4 is 11.3 Å². The van der Waals surface area contributed by atoms with Gasteiger partial charge in [-0.1, -0.05) is 12.8 Å². The SMILES string of the molecule is NCC(c1ccsc1)N1CCCCCC1. The Bertz CT molecular complexity index is 263. The van der Waals surface area contributed by atoms with Crippen LogP contribution in [-0.4, -0.2) is 24.5 Å². The highest BCUT2D eigenvalue weighted by molar-refractivity contribution is 7.07. The summed E-state index contributed by atoms with van der Waals surface area (Å²) in [4.78, 5) is 2.56. The van der Waals surface area contributed by atoms with Gasteiger partial charge in [-0.15, -0.1) is 0 Å². The standard InChI is InChI=1S/C12H20N2S/c13-9-12(11-5-8-15-10-11)14-6-3-1-2-4-7-14/h5,8,10,12H,1-4,6-7,9,13H2. The molecule has 3 heteroatoms. The first kappa shape index (κ1) is 11.1. The Morgan fingerprint density at radius 3 is 2.53 bits per heavy atom. The van der Waals surface area contributed by atoms with Gasteiger partial charge in [-0.05, 0) is 48.3 Å². The summed E-state index contributed by atoms with van der Waals surface area (Å²) in [6.07, 6.45) is 5.44. The second-order valence-corrected chi connectivity index (χ2v) is 5.04. The first-order valence-electron chi connectivity index (χ1n) is 5.88. The van der Waals surface area contributed by atoms with Crippen molar-refractivity contribution in [2.45, 2.75) is 31.7 Å². The molecule has 0 radical (unpaired) electrons. The molecule has 2 N–H and O–H groups in total. The molecule has 0 aromatic carbocycles. The number of nitrogens with two attached hydrogens (primary N) is 1. The van der Waals surface area contributed by atoms with Crippen LogP contribution in [0.15, 0.2) is 16.8 Å². The van der Waals surface area contributed by atoms with Gasteiger partial charge in [-0.3, -0.25) is 4.90 Å². The van der Waals surface area contributed by atoms with Crippen molar-refractivity contribution in [3.05, 3.63) is 22.4 Å². The van der Waals surface area contributed by atoms with Gasteiger partial charge in [0.25, 0.3) is 0 Å². The van der Waals surface area contributed by atoms with Gasteiger partial charge in [-0.25, -0.2) is 0 Å². The van der Waals surface area contributed by atoms with Gasteiger partial charge in [0.2, 0.25) is 0 Å². The number of hydrogen-bond donors (Lipinski definition) is 1. The number of thiophene rings is 1. The molecule has 1 fully saturated rings. The highest BCUT2D eigenvalue weighted by Gasteiger charge is 2.19. The zero-order valence-corrected chi connectivity index (χ0v) is 10.0. The van der Waals surface area contributed by atoms with Crippen molar-refractivity contribution in [3.8, 4) is 0 Å². The summed E-state index contributed by atoms with van der Waals surface area (Å²) in [6, 6.07) is 2.67. The summed E-state index contributed by atoms with van der Waals surface area (Å²) in [5, 5.41) is 4.39. The Morgan fingerprint density at radius 1 is 1.27 bits per heavy atom. The average molecular weight is 224 g/mol. The van der Waals surface area contributed by atoms with E-state index in [1.54, 1.807) is 11.3 Å². The number of rotatable bonds is 3. The molecule has 0 saturated carbocycles. The first-order chi connectivity index (χ1) is 7.42. The fraction of sp³-hybridized carbons (Fsp3) is 0.667. The van der Waals surface area contributed by atoms with Gasteiger partial charge >= 0.3 is 0 Å². The molecule has 15 heavy (non-hydrogen) atoms. The Kier molecular flexibility index (Phi) is 4.18. The van der Waals surface area contributed by atoms with Crippen molar-refractivity contribution in [2.75, 3.05) is 19.6 Å². The third-order valence-corrected chi connectivity index (χ3v) is 3.93. The maximum absolute atomic E-state index is 5.91. The van der Waals surface area contributed by atoms with E-state index in [4.69, 9.17) is 5.73 Å². The number of nitrogens with zero attached hydrogens (tertiary/aromatic N) is 1. The van der Waals surface area contributed by atoms with Crippen LogP contribution < -0.4 is 5.73 Å². The molecule has 1 saturated heterocycles. The van der Waals surface area contributed by atoms with E-state index in [1.807, 2.05) is 0 Å². The van der Waals surface area contributed by atoms with Gasteiger partial charge < -0.3 is 5.73 Å². The van der Waals surface area contributed by atoms with Crippen molar-refractivity contribution < 1.29 is 0 Å². The molecule has 1 aromatic rings. The fourth-order valence-electron chi connectivity index (χ4n) is 2.37. The lowest BCUT2D eigenvalue weighted by atomic mass is 10.1. The molecule has 2 heterocycles. The van der Waals surface area contributed by atoms with Crippen LogP contribution in [0.2, 0.25) is 0 Å². The maximum atomic E-state index is 5.91. The Labute approximate surface area is 96.1 Å². The van der Waals surface area contributed by atoms with Crippen LogP contribution in [0.3, 0.4) is 0 Å². The summed E-state index contributed by atoms with van der Waals surface area (Å²) < 4.78 is 0. The van der Waals surface area contributed by atoms with E-state index in [0.29, 0.717) is 6.04 Å². The predicted octanol–water partition coefficient (Wildman–Crippen LogP) is 2.62. The fourth-order valence-corrected chi connectivity index (χ4v) is 3.07. The lowest BCUT2D eigenvalue weighted by molar-refractivity contribution is 0.210. The molecular formula is C12H20N2S. The largest absolute Gasteiger partial charge is 0.329 e. The average Bonchev–Trinajstić information content (AvgIpc) is 2.63. The predicted molar refractivity (Wildman–Crippen MR) is 66.2 cm³/mol. The molecule has 2 rings (SSSR count). The van der Waals surface area contributed by atoms with Gasteiger partial charge in [0.05, 0.1) is 0 Å². The van der Waals surface area contributed by atoms with Crippen LogP contribution >= 0.6 is 11.3 Å². The molecule has 2 nitrogen and oxygen atoms in total. The summed E-state index contributed by atoms with van der Waals surface area (Å²) in [5.41, 5.74) is 7.32. The minimum atomic E-state index is 0.453. The number of likely N-dealkylation sites (tertiary alicyclic amines) is 1. The van der Waals surface area contributed by atoms with E-state index < -0.39 is 0 Å². The normalized spacial score (nSPS) is 21.1. The van der Waals surface area contributed by atoms with Crippen molar-refractivity contribution in [3.63, 3.8) is 0 Å². The van der Waals surface area contributed by atoms with E-state index in [1.165, 1.54) is 44.3 Å². The number of hydrogen-bond acceptors (Lipinski definition) is 3. The summed E-state index contributed by atoms with van der Waals surface area (Å²) >= 11 is 1.77. The van der Waals surface area contributed by atoms with Crippen LogP contribution in [0, 0.1) is 0 Å². The van der Waals surface area contributed by atoms with Gasteiger partial charge in [0, 0.05) is 12.6 Å². The van der Waals surface area contributed by atoms with Crippen LogP contribution in [0.4, 0.5) is 0 Å². The molecule has 0 spiro atoms. The van der Waals surface area contributed by atoms with E-state index >= 15 is 0 Å². The molecule has 1 atom stereocenters. The minimum Gasteiger partial charge on any atom is -0.329 e. The zero-order valence-electron chi connectivity index (χ0n) is 9.19. The van der Waals surface area contributed by atoms with E-state index in [2.05, 4.69) is 21.7 Å². The lowest BCUT2D eigenvalue weighted by Gasteiger charge is -2.29. The summed E-state index contributed by atoms with van der Waals surface area (Å²) in [6.45, 7) is 3.19. The van der Waals surface area contributed by atoms with Crippen molar-refractivity contribution in [2.24, 2.45) is 5.73 Å². The van der Waals surface area contributed by atoms with Crippen molar-refractivity contribution in [1.29, 1.82) is 0 Å². The minimum absolute atomic E-state index is 0.453. The molecule has 0 bridgehead atoms. The Hall–Kier alpha value is -0.380. The van der Waals surface area contributed by atoms with Crippen molar-refractivity contribution in [1.82, 2.24) is 4.90 Å². The van der Waals surface area contributed by atoms with E-state index in [0.717, 1.165) is 6.54 Å². The smallest absolute Gasteiger partial charge is 0.0478 e. The first-order valence-corrected chi connectivity index (χ1v) is 6.82. The molecule has 0 aliphatic carbocycles. The second kappa shape index (κ2) is 5.64. The van der Waals surface area contributed by atoms with E-state index in [-0.39, 0.29) is 0 Å². The highest BCUT2D eigenvalue weighted by atomic mass is 32.1. The maximum Gasteiger partial charge on any atom is 0.0478 e. The lowest BCUT2D eigenvalue weighted by Crippen LogP contribution is -2.34. The molecule has 1 aromatic heterocycles. The molecule has 1 unspecified atom stereocenters. The quantitative estimate of drug-likeness (QED) is 0.855. The third kappa shape index (κ3) is 2.80. The zero-order chi connectivity index (χ0) is 10.5. The van der Waals surface area contributed by atoms with Gasteiger partial charge in [0.15, 0.2) is 0 Å². The highest BCUT2D eigenvalue weighted by Crippen LogP contribution is 2.24. The molecule has 0 amide bonds. The second-order valence-electron chi connectivity index (χ2n) is 4.26. The molecule has 1 aliphatic heterocycles. The van der Waals surface area contributed by atoms with Crippen LogP contribution in [-0.2, 0) is 0 Å².